The Hall–Kier alpha value is -1.81. The molecule has 1 aromatic heterocycles. The predicted molar refractivity (Wildman–Crippen MR) is 77.2 cm³/mol. The molecule has 0 aliphatic heterocycles. The molecule has 1 N–H and O–H groups in total. The van der Waals surface area contributed by atoms with Gasteiger partial charge in [-0.1, -0.05) is 0 Å². The Morgan fingerprint density at radius 3 is 2.84 bits per heavy atom. The third-order valence-electron chi connectivity index (χ3n) is 2.57. The highest BCUT2D eigenvalue weighted by atomic mass is 35.5. The van der Waals surface area contributed by atoms with Crippen LogP contribution in [0.1, 0.15) is 18.1 Å². The van der Waals surface area contributed by atoms with Crippen LogP contribution < -0.4 is 10.1 Å². The van der Waals surface area contributed by atoms with Gasteiger partial charge in [-0.2, -0.15) is 5.10 Å². The first-order valence-corrected chi connectivity index (χ1v) is 6.64. The molecule has 100 valence electrons. The minimum Gasteiger partial charge on any atom is -0.494 e. The summed E-state index contributed by atoms with van der Waals surface area (Å²) in [6.07, 6.45) is 1.72. The van der Waals surface area contributed by atoms with Crippen LogP contribution >= 0.6 is 11.6 Å². The molecule has 0 bridgehead atoms. The van der Waals surface area contributed by atoms with Gasteiger partial charge in [0, 0.05) is 11.3 Å². The van der Waals surface area contributed by atoms with Crippen LogP contribution in [0.4, 0.5) is 11.5 Å². The Kier molecular flexibility index (Phi) is 4.58. The Morgan fingerprint density at radius 1 is 1.32 bits per heavy atom. The molecule has 0 amide bonds. The van der Waals surface area contributed by atoms with Crippen LogP contribution in [0.3, 0.4) is 0 Å². The van der Waals surface area contributed by atoms with Crippen LogP contribution in [0.2, 0.25) is 0 Å². The number of alkyl halides is 1. The van der Waals surface area contributed by atoms with E-state index in [1.807, 2.05) is 38.1 Å². The molecular formula is C14H16ClN3O. The summed E-state index contributed by atoms with van der Waals surface area (Å²) in [7, 11) is 0. The molecule has 0 aliphatic carbocycles. The van der Waals surface area contributed by atoms with E-state index >= 15 is 0 Å². The van der Waals surface area contributed by atoms with Crippen molar-refractivity contribution < 1.29 is 4.74 Å². The van der Waals surface area contributed by atoms with E-state index in [9.17, 15) is 0 Å². The zero-order chi connectivity index (χ0) is 13.7. The molecule has 2 aromatic rings. The number of hydrogen-bond acceptors (Lipinski definition) is 4. The molecule has 5 heteroatoms. The zero-order valence-corrected chi connectivity index (χ0v) is 11.7. The lowest BCUT2D eigenvalue weighted by Gasteiger charge is -2.11. The smallest absolute Gasteiger partial charge is 0.153 e. The van der Waals surface area contributed by atoms with Gasteiger partial charge in [0.2, 0.25) is 0 Å². The number of hydrogen-bond donors (Lipinski definition) is 1. The van der Waals surface area contributed by atoms with Crippen molar-refractivity contribution in [2.75, 3.05) is 11.9 Å². The molecule has 0 unspecified atom stereocenters. The number of benzene rings is 1. The van der Waals surface area contributed by atoms with Crippen LogP contribution in [0.25, 0.3) is 0 Å². The molecule has 0 saturated heterocycles. The molecule has 0 fully saturated rings. The summed E-state index contributed by atoms with van der Waals surface area (Å²) in [5.41, 5.74) is 2.93. The van der Waals surface area contributed by atoms with Gasteiger partial charge in [0.05, 0.1) is 18.7 Å². The number of rotatable bonds is 5. The van der Waals surface area contributed by atoms with E-state index in [2.05, 4.69) is 15.5 Å². The van der Waals surface area contributed by atoms with Gasteiger partial charge in [0.25, 0.3) is 0 Å². The molecule has 19 heavy (non-hydrogen) atoms. The maximum atomic E-state index is 5.93. The van der Waals surface area contributed by atoms with Crippen LogP contribution in [0.5, 0.6) is 5.75 Å². The minimum absolute atomic E-state index is 0.407. The van der Waals surface area contributed by atoms with Crippen molar-refractivity contribution in [3.8, 4) is 5.75 Å². The number of halogens is 1. The monoisotopic (exact) mass is 277 g/mol. The van der Waals surface area contributed by atoms with Crippen LogP contribution in [-0.4, -0.2) is 16.8 Å². The fourth-order valence-corrected chi connectivity index (χ4v) is 1.94. The number of ether oxygens (including phenoxy) is 1. The average molecular weight is 278 g/mol. The van der Waals surface area contributed by atoms with Crippen LogP contribution in [0.15, 0.2) is 30.5 Å². The molecule has 1 heterocycles. The fourth-order valence-electron chi connectivity index (χ4n) is 1.73. The van der Waals surface area contributed by atoms with E-state index in [0.717, 1.165) is 22.6 Å². The lowest BCUT2D eigenvalue weighted by molar-refractivity contribution is 0.337. The average Bonchev–Trinajstić information content (AvgIpc) is 2.41. The summed E-state index contributed by atoms with van der Waals surface area (Å²) in [6.45, 7) is 4.55. The molecule has 0 spiro atoms. The molecule has 2 rings (SSSR count). The lowest BCUT2D eigenvalue weighted by atomic mass is 10.2. The van der Waals surface area contributed by atoms with E-state index in [4.69, 9.17) is 16.3 Å². The second-order valence-corrected chi connectivity index (χ2v) is 4.40. The van der Waals surface area contributed by atoms with Gasteiger partial charge in [-0.15, -0.1) is 16.7 Å². The van der Waals surface area contributed by atoms with Gasteiger partial charge in [-0.25, -0.2) is 0 Å². The van der Waals surface area contributed by atoms with Crippen molar-refractivity contribution in [2.24, 2.45) is 0 Å². The van der Waals surface area contributed by atoms with Crippen molar-refractivity contribution in [2.45, 2.75) is 19.7 Å². The largest absolute Gasteiger partial charge is 0.494 e. The number of nitrogens with one attached hydrogen (secondary N) is 1. The Labute approximate surface area is 117 Å². The van der Waals surface area contributed by atoms with Crippen LogP contribution in [0, 0.1) is 6.92 Å². The van der Waals surface area contributed by atoms with Crippen molar-refractivity contribution in [3.05, 3.63) is 41.6 Å². The quantitative estimate of drug-likeness (QED) is 0.847. The predicted octanol–water partition coefficient (Wildman–Crippen LogP) is 3.67. The first-order chi connectivity index (χ1) is 9.22. The highest BCUT2D eigenvalue weighted by molar-refractivity contribution is 6.17. The summed E-state index contributed by atoms with van der Waals surface area (Å²) >= 11 is 5.93. The van der Waals surface area contributed by atoms with E-state index < -0.39 is 0 Å². The summed E-state index contributed by atoms with van der Waals surface area (Å²) in [5.74, 6) is 1.94. The molecule has 4 nitrogen and oxygen atoms in total. The number of nitrogens with zero attached hydrogens (tertiary/aromatic N) is 2. The summed E-state index contributed by atoms with van der Waals surface area (Å²) < 4.78 is 5.51. The van der Waals surface area contributed by atoms with Gasteiger partial charge in [0.15, 0.2) is 5.82 Å². The molecule has 1 aromatic carbocycles. The van der Waals surface area contributed by atoms with Gasteiger partial charge in [-0.3, -0.25) is 0 Å². The highest BCUT2D eigenvalue weighted by Gasteiger charge is 2.05. The second-order valence-electron chi connectivity index (χ2n) is 4.13. The van der Waals surface area contributed by atoms with Gasteiger partial charge in [0.1, 0.15) is 5.75 Å². The normalized spacial score (nSPS) is 10.3. The topological polar surface area (TPSA) is 47.0 Å². The first kappa shape index (κ1) is 13.6. The van der Waals surface area contributed by atoms with Crippen LogP contribution in [-0.2, 0) is 5.88 Å². The number of aromatic nitrogens is 2. The molecule has 0 saturated carbocycles. The van der Waals surface area contributed by atoms with E-state index in [0.29, 0.717) is 18.3 Å². The Morgan fingerprint density at radius 2 is 2.16 bits per heavy atom. The molecule has 0 radical (unpaired) electrons. The number of anilines is 2. The van der Waals surface area contributed by atoms with E-state index in [1.165, 1.54) is 0 Å². The number of aryl methyl sites for hydroxylation is 1. The summed E-state index contributed by atoms with van der Waals surface area (Å²) in [5, 5.41) is 11.1. The standard InChI is InChI=1S/C14H16ClN3O/c1-3-19-13-5-4-12(7-11(13)8-15)17-14-6-10(2)9-16-18-14/h4-7,9H,3,8H2,1-2H3,(H,17,18). The van der Waals surface area contributed by atoms with Gasteiger partial charge in [-0.05, 0) is 43.7 Å². The van der Waals surface area contributed by atoms with Gasteiger partial charge < -0.3 is 10.1 Å². The Bertz CT molecular complexity index is 560. The second kappa shape index (κ2) is 6.38. The van der Waals surface area contributed by atoms with E-state index in [-0.39, 0.29) is 0 Å². The maximum Gasteiger partial charge on any atom is 0.153 e. The SMILES string of the molecule is CCOc1ccc(Nc2cc(C)cnn2)cc1CCl. The van der Waals surface area contributed by atoms with Crippen molar-refractivity contribution in [1.82, 2.24) is 10.2 Å². The zero-order valence-electron chi connectivity index (χ0n) is 11.0. The molecular weight excluding hydrogens is 262 g/mol. The third kappa shape index (κ3) is 3.58. The fraction of sp³-hybridized carbons (Fsp3) is 0.286. The first-order valence-electron chi connectivity index (χ1n) is 6.11. The van der Waals surface area contributed by atoms with E-state index in [1.54, 1.807) is 6.20 Å². The lowest BCUT2D eigenvalue weighted by Crippen LogP contribution is -1.99. The third-order valence-corrected chi connectivity index (χ3v) is 2.86. The maximum absolute atomic E-state index is 5.93. The van der Waals surface area contributed by atoms with Crippen molar-refractivity contribution in [1.29, 1.82) is 0 Å². The van der Waals surface area contributed by atoms with Crippen molar-refractivity contribution >= 4 is 23.1 Å². The highest BCUT2D eigenvalue weighted by Crippen LogP contribution is 2.26. The molecule has 0 aliphatic rings. The minimum atomic E-state index is 0.407. The summed E-state index contributed by atoms with van der Waals surface area (Å²) in [4.78, 5) is 0. The summed E-state index contributed by atoms with van der Waals surface area (Å²) in [6, 6.07) is 7.74. The molecule has 0 atom stereocenters. The van der Waals surface area contributed by atoms with Crippen molar-refractivity contribution in [3.63, 3.8) is 0 Å². The van der Waals surface area contributed by atoms with Gasteiger partial charge >= 0.3 is 0 Å². The Balaban J connectivity index is 2.21.